The molecule has 0 bridgehead atoms. The van der Waals surface area contributed by atoms with Gasteiger partial charge in [0, 0.05) is 16.0 Å². The highest BCUT2D eigenvalue weighted by molar-refractivity contribution is 6.35. The van der Waals surface area contributed by atoms with Gasteiger partial charge in [-0.05, 0) is 41.7 Å². The summed E-state index contributed by atoms with van der Waals surface area (Å²) in [6, 6.07) is 9.19. The van der Waals surface area contributed by atoms with Crippen LogP contribution in [0.4, 0.5) is 18.9 Å². The molecule has 2 aromatic carbocycles. The Balaban J connectivity index is 1.86. The standard InChI is InChI=1S/C19H14Cl2F3N/c20-10-7-8-14(16(21)9-10)17-12-4-1-3-11(12)13-5-2-6-15(18(13)25-17)19(22,23)24/h1-3,5-9,11-12,17,25H,4H2/t11-,12+,17+/m0/s1. The molecular formula is C19H14Cl2F3N. The Morgan fingerprint density at radius 3 is 2.56 bits per heavy atom. The summed E-state index contributed by atoms with van der Waals surface area (Å²) in [7, 11) is 0. The SMILES string of the molecule is FC(F)(F)c1cccc2c1N[C@@H](c1ccc(Cl)cc1Cl)[C@@H]1CC=C[C@H]21. The lowest BCUT2D eigenvalue weighted by molar-refractivity contribution is -0.137. The van der Waals surface area contributed by atoms with Crippen molar-refractivity contribution in [2.75, 3.05) is 5.32 Å². The van der Waals surface area contributed by atoms with Gasteiger partial charge in [0.15, 0.2) is 0 Å². The van der Waals surface area contributed by atoms with Crippen molar-refractivity contribution in [1.29, 1.82) is 0 Å². The summed E-state index contributed by atoms with van der Waals surface area (Å²) in [5, 5.41) is 4.10. The molecule has 1 heterocycles. The van der Waals surface area contributed by atoms with Crippen LogP contribution in [-0.2, 0) is 6.18 Å². The van der Waals surface area contributed by atoms with Gasteiger partial charge in [0.05, 0.1) is 17.3 Å². The first-order valence-corrected chi connectivity index (χ1v) is 8.70. The van der Waals surface area contributed by atoms with Gasteiger partial charge < -0.3 is 5.32 Å². The number of alkyl halides is 3. The molecule has 25 heavy (non-hydrogen) atoms. The Kier molecular flexibility index (Phi) is 4.00. The lowest BCUT2D eigenvalue weighted by atomic mass is 9.76. The Morgan fingerprint density at radius 1 is 1.04 bits per heavy atom. The smallest absolute Gasteiger partial charge is 0.377 e. The topological polar surface area (TPSA) is 12.0 Å². The van der Waals surface area contributed by atoms with Gasteiger partial charge in [-0.2, -0.15) is 13.2 Å². The molecule has 1 N–H and O–H groups in total. The number of allylic oxidation sites excluding steroid dienone is 2. The van der Waals surface area contributed by atoms with Crippen LogP contribution in [0.5, 0.6) is 0 Å². The third-order valence-corrected chi connectivity index (χ3v) is 5.56. The van der Waals surface area contributed by atoms with E-state index in [2.05, 4.69) is 5.32 Å². The van der Waals surface area contributed by atoms with Crippen LogP contribution in [0.15, 0.2) is 48.6 Å². The summed E-state index contributed by atoms with van der Waals surface area (Å²) in [6.45, 7) is 0. The molecule has 0 radical (unpaired) electrons. The number of halogens is 5. The molecule has 2 aliphatic rings. The number of anilines is 1. The van der Waals surface area contributed by atoms with E-state index in [0.29, 0.717) is 15.6 Å². The molecular weight excluding hydrogens is 370 g/mol. The lowest BCUT2D eigenvalue weighted by Crippen LogP contribution is -2.31. The zero-order valence-corrected chi connectivity index (χ0v) is 14.5. The van der Waals surface area contributed by atoms with Gasteiger partial charge in [0.1, 0.15) is 0 Å². The number of rotatable bonds is 1. The van der Waals surface area contributed by atoms with Crippen molar-refractivity contribution < 1.29 is 13.2 Å². The molecule has 1 aliphatic carbocycles. The number of nitrogens with one attached hydrogen (secondary N) is 1. The highest BCUT2D eigenvalue weighted by Crippen LogP contribution is 2.53. The number of benzene rings is 2. The maximum absolute atomic E-state index is 13.5. The van der Waals surface area contributed by atoms with Gasteiger partial charge >= 0.3 is 6.18 Å². The molecule has 0 saturated carbocycles. The first-order valence-electron chi connectivity index (χ1n) is 7.94. The van der Waals surface area contributed by atoms with Crippen LogP contribution in [0.2, 0.25) is 10.0 Å². The van der Waals surface area contributed by atoms with Crippen molar-refractivity contribution in [2.45, 2.75) is 24.6 Å². The Bertz CT molecular complexity index is 860. The predicted molar refractivity (Wildman–Crippen MR) is 94.3 cm³/mol. The maximum atomic E-state index is 13.5. The van der Waals surface area contributed by atoms with Crippen LogP contribution in [0.25, 0.3) is 0 Å². The van der Waals surface area contributed by atoms with E-state index in [1.807, 2.05) is 12.2 Å². The summed E-state index contributed by atoms with van der Waals surface area (Å²) < 4.78 is 40.4. The molecule has 6 heteroatoms. The third kappa shape index (κ3) is 2.81. The first-order chi connectivity index (χ1) is 11.9. The van der Waals surface area contributed by atoms with E-state index in [-0.39, 0.29) is 23.6 Å². The second-order valence-electron chi connectivity index (χ2n) is 6.41. The van der Waals surface area contributed by atoms with E-state index < -0.39 is 11.7 Å². The van der Waals surface area contributed by atoms with E-state index in [0.717, 1.165) is 18.1 Å². The molecule has 0 amide bonds. The maximum Gasteiger partial charge on any atom is 0.418 e. The molecule has 0 unspecified atom stereocenters. The largest absolute Gasteiger partial charge is 0.418 e. The average molecular weight is 384 g/mol. The highest BCUT2D eigenvalue weighted by atomic mass is 35.5. The highest BCUT2D eigenvalue weighted by Gasteiger charge is 2.43. The molecule has 0 saturated heterocycles. The molecule has 0 aromatic heterocycles. The fraction of sp³-hybridized carbons (Fsp3) is 0.263. The van der Waals surface area contributed by atoms with Crippen LogP contribution in [0.1, 0.15) is 35.1 Å². The molecule has 1 nitrogen and oxygen atoms in total. The van der Waals surface area contributed by atoms with Crippen molar-refractivity contribution in [2.24, 2.45) is 5.92 Å². The van der Waals surface area contributed by atoms with E-state index in [9.17, 15) is 13.2 Å². The number of fused-ring (bicyclic) bond motifs is 3. The third-order valence-electron chi connectivity index (χ3n) is 5.00. The van der Waals surface area contributed by atoms with Gasteiger partial charge in [-0.15, -0.1) is 0 Å². The van der Waals surface area contributed by atoms with Crippen molar-refractivity contribution in [3.05, 3.63) is 75.3 Å². The molecule has 2 aromatic rings. The fourth-order valence-electron chi connectivity index (χ4n) is 3.92. The molecule has 0 spiro atoms. The van der Waals surface area contributed by atoms with E-state index in [1.165, 1.54) is 6.07 Å². The Hall–Kier alpha value is -1.65. The van der Waals surface area contributed by atoms with Crippen molar-refractivity contribution >= 4 is 28.9 Å². The molecule has 4 rings (SSSR count). The monoisotopic (exact) mass is 383 g/mol. The number of hydrogen-bond donors (Lipinski definition) is 1. The minimum absolute atomic E-state index is 0.0599. The summed E-state index contributed by atoms with van der Waals surface area (Å²) in [5.74, 6) is 0.0601. The Labute approximate surface area is 153 Å². The second-order valence-corrected chi connectivity index (χ2v) is 7.25. The predicted octanol–water partition coefficient (Wildman–Crippen LogP) is 6.84. The van der Waals surface area contributed by atoms with Crippen LogP contribution in [-0.4, -0.2) is 0 Å². The number of hydrogen-bond acceptors (Lipinski definition) is 1. The number of para-hydroxylation sites is 1. The molecule has 1 aliphatic heterocycles. The van der Waals surface area contributed by atoms with Crippen LogP contribution >= 0.6 is 23.2 Å². The van der Waals surface area contributed by atoms with E-state index in [1.54, 1.807) is 24.3 Å². The van der Waals surface area contributed by atoms with Gasteiger partial charge in [-0.1, -0.05) is 53.6 Å². The first kappa shape index (κ1) is 16.8. The van der Waals surface area contributed by atoms with Crippen molar-refractivity contribution in [1.82, 2.24) is 0 Å². The van der Waals surface area contributed by atoms with Gasteiger partial charge in [0.2, 0.25) is 0 Å². The quantitative estimate of drug-likeness (QED) is 0.531. The lowest BCUT2D eigenvalue weighted by Gasteiger charge is -2.39. The summed E-state index contributed by atoms with van der Waals surface area (Å²) >= 11 is 12.3. The minimum atomic E-state index is -4.41. The van der Waals surface area contributed by atoms with E-state index in [4.69, 9.17) is 23.2 Å². The van der Waals surface area contributed by atoms with Crippen LogP contribution < -0.4 is 5.32 Å². The zero-order chi connectivity index (χ0) is 17.8. The van der Waals surface area contributed by atoms with Crippen molar-refractivity contribution in [3.8, 4) is 0 Å². The second kappa shape index (κ2) is 5.96. The molecule has 3 atom stereocenters. The van der Waals surface area contributed by atoms with Gasteiger partial charge in [0.25, 0.3) is 0 Å². The summed E-state index contributed by atoms with van der Waals surface area (Å²) in [6.07, 6.45) is 0.406. The average Bonchev–Trinajstić information content (AvgIpc) is 3.03. The van der Waals surface area contributed by atoms with E-state index >= 15 is 0 Å². The fourth-order valence-corrected chi connectivity index (χ4v) is 4.45. The van der Waals surface area contributed by atoms with Gasteiger partial charge in [-0.3, -0.25) is 0 Å². The van der Waals surface area contributed by atoms with Crippen molar-refractivity contribution in [3.63, 3.8) is 0 Å². The summed E-state index contributed by atoms with van der Waals surface area (Å²) in [4.78, 5) is 0. The zero-order valence-electron chi connectivity index (χ0n) is 12.9. The molecule has 0 fully saturated rings. The summed E-state index contributed by atoms with van der Waals surface area (Å²) in [5.41, 5.74) is 0.972. The Morgan fingerprint density at radius 2 is 1.84 bits per heavy atom. The molecule has 130 valence electrons. The van der Waals surface area contributed by atoms with Crippen LogP contribution in [0.3, 0.4) is 0 Å². The normalized spacial score (nSPS) is 24.6. The van der Waals surface area contributed by atoms with Gasteiger partial charge in [-0.25, -0.2) is 0 Å². The van der Waals surface area contributed by atoms with Crippen LogP contribution in [0, 0.1) is 5.92 Å². The minimum Gasteiger partial charge on any atom is -0.377 e.